The summed E-state index contributed by atoms with van der Waals surface area (Å²) in [6.07, 6.45) is 0.537. The molecule has 0 unspecified atom stereocenters. The predicted octanol–water partition coefficient (Wildman–Crippen LogP) is 5.49. The van der Waals surface area contributed by atoms with Gasteiger partial charge in [0.05, 0.1) is 11.2 Å². The third-order valence-electron chi connectivity index (χ3n) is 6.00. The van der Waals surface area contributed by atoms with Crippen LogP contribution in [0, 0.1) is 13.8 Å². The number of fused-ring (bicyclic) bond motifs is 3. The van der Waals surface area contributed by atoms with Gasteiger partial charge in [0.1, 0.15) is 21.9 Å². The van der Waals surface area contributed by atoms with Crippen LogP contribution in [0.3, 0.4) is 0 Å². The molecule has 0 saturated carbocycles. The lowest BCUT2D eigenvalue weighted by Crippen LogP contribution is -2.30. The van der Waals surface area contributed by atoms with Crippen molar-refractivity contribution in [1.82, 2.24) is 14.5 Å². The first kappa shape index (κ1) is 22.0. The molecule has 170 valence electrons. The minimum atomic E-state index is -0.258. The van der Waals surface area contributed by atoms with E-state index >= 15 is 0 Å². The number of aromatic nitrogens is 3. The Balaban J connectivity index is 1.53. The molecule has 0 saturated heterocycles. The van der Waals surface area contributed by atoms with E-state index in [4.69, 9.17) is 9.97 Å². The van der Waals surface area contributed by atoms with Crippen LogP contribution in [0.1, 0.15) is 23.9 Å². The summed E-state index contributed by atoms with van der Waals surface area (Å²) in [5.41, 5.74) is 5.28. The van der Waals surface area contributed by atoms with Crippen molar-refractivity contribution in [3.8, 4) is 11.3 Å². The Morgan fingerprint density at radius 2 is 1.79 bits per heavy atom. The fraction of sp³-hybridized carbons (Fsp3) is 0.185. The van der Waals surface area contributed by atoms with Crippen LogP contribution in [0.15, 0.2) is 65.5 Å². The Kier molecular flexibility index (Phi) is 5.71. The first-order valence-electron chi connectivity index (χ1n) is 11.2. The van der Waals surface area contributed by atoms with Gasteiger partial charge in [-0.1, -0.05) is 43.3 Å². The molecule has 5 aromatic rings. The Bertz CT molecular complexity index is 1600. The Labute approximate surface area is 200 Å². The Hall–Kier alpha value is -3.84. The highest BCUT2D eigenvalue weighted by atomic mass is 32.1. The van der Waals surface area contributed by atoms with Gasteiger partial charge in [-0.05, 0) is 49.2 Å². The maximum Gasteiger partial charge on any atom is 0.272 e. The summed E-state index contributed by atoms with van der Waals surface area (Å²) < 4.78 is 2.00. The minimum Gasteiger partial charge on any atom is -0.325 e. The zero-order valence-corrected chi connectivity index (χ0v) is 20.1. The third kappa shape index (κ3) is 3.99. The number of nitrogens with one attached hydrogen (secondary N) is 1. The van der Waals surface area contributed by atoms with Crippen molar-refractivity contribution < 1.29 is 4.79 Å². The molecule has 0 fully saturated rings. The molecule has 0 aliphatic carbocycles. The second kappa shape index (κ2) is 8.83. The number of rotatable bonds is 5. The van der Waals surface area contributed by atoms with Gasteiger partial charge in [-0.15, -0.1) is 11.3 Å². The first-order chi connectivity index (χ1) is 16.4. The number of nitrogens with zero attached hydrogens (tertiary/aromatic N) is 3. The lowest BCUT2D eigenvalue weighted by molar-refractivity contribution is -0.116. The number of aryl methyl sites for hydroxylation is 3. The SMILES string of the molecule is CCc1nc2c(sc3nc(-c4ccccc4)ccc32)c(=O)n1CC(=O)Nc1ccc(C)c(C)c1. The Morgan fingerprint density at radius 1 is 1.00 bits per heavy atom. The van der Waals surface area contributed by atoms with Crippen molar-refractivity contribution >= 4 is 43.4 Å². The van der Waals surface area contributed by atoms with Crippen molar-refractivity contribution in [2.45, 2.75) is 33.7 Å². The maximum atomic E-state index is 13.4. The van der Waals surface area contributed by atoms with Crippen LogP contribution < -0.4 is 10.9 Å². The first-order valence-corrected chi connectivity index (χ1v) is 12.0. The number of benzene rings is 2. The fourth-order valence-electron chi connectivity index (χ4n) is 4.02. The summed E-state index contributed by atoms with van der Waals surface area (Å²) in [6.45, 7) is 5.87. The monoisotopic (exact) mass is 468 g/mol. The van der Waals surface area contributed by atoms with Crippen LogP contribution in [-0.2, 0) is 17.8 Å². The number of hydrogen-bond acceptors (Lipinski definition) is 5. The molecule has 5 rings (SSSR count). The molecule has 0 atom stereocenters. The molecule has 0 spiro atoms. The highest BCUT2D eigenvalue weighted by Gasteiger charge is 2.18. The van der Waals surface area contributed by atoms with Crippen LogP contribution in [0.5, 0.6) is 0 Å². The maximum absolute atomic E-state index is 13.4. The van der Waals surface area contributed by atoms with Crippen LogP contribution >= 0.6 is 11.3 Å². The van der Waals surface area contributed by atoms with Gasteiger partial charge in [0.2, 0.25) is 5.91 Å². The van der Waals surface area contributed by atoms with Crippen molar-refractivity contribution in [2.75, 3.05) is 5.32 Å². The van der Waals surface area contributed by atoms with E-state index in [9.17, 15) is 9.59 Å². The quantitative estimate of drug-likeness (QED) is 0.370. The Morgan fingerprint density at radius 3 is 2.53 bits per heavy atom. The predicted molar refractivity (Wildman–Crippen MR) is 139 cm³/mol. The average Bonchev–Trinajstić information content (AvgIpc) is 3.21. The molecule has 2 aromatic carbocycles. The van der Waals surface area contributed by atoms with Gasteiger partial charge in [0.15, 0.2) is 0 Å². The molecule has 3 heterocycles. The van der Waals surface area contributed by atoms with Gasteiger partial charge in [-0.3, -0.25) is 14.2 Å². The normalized spacial score (nSPS) is 11.3. The lowest BCUT2D eigenvalue weighted by atomic mass is 10.1. The minimum absolute atomic E-state index is 0.0885. The van der Waals surface area contributed by atoms with E-state index in [0.29, 0.717) is 28.1 Å². The molecule has 1 N–H and O–H groups in total. The number of pyridine rings is 1. The van der Waals surface area contributed by atoms with E-state index in [1.165, 1.54) is 15.9 Å². The van der Waals surface area contributed by atoms with Gasteiger partial charge in [-0.25, -0.2) is 9.97 Å². The van der Waals surface area contributed by atoms with E-state index in [1.807, 2.05) is 81.4 Å². The highest BCUT2D eigenvalue weighted by Crippen LogP contribution is 2.31. The zero-order chi connectivity index (χ0) is 23.8. The summed E-state index contributed by atoms with van der Waals surface area (Å²) in [7, 11) is 0. The van der Waals surface area contributed by atoms with Gasteiger partial charge in [0.25, 0.3) is 5.56 Å². The van der Waals surface area contributed by atoms with Crippen molar-refractivity contribution in [3.05, 3.63) is 88.0 Å². The van der Waals surface area contributed by atoms with Gasteiger partial charge < -0.3 is 5.32 Å². The van der Waals surface area contributed by atoms with E-state index in [-0.39, 0.29) is 18.0 Å². The molecule has 6 nitrogen and oxygen atoms in total. The number of carbonyl (C=O) groups excluding carboxylic acids is 1. The molecular formula is C27H24N4O2S. The van der Waals surface area contributed by atoms with Gasteiger partial charge >= 0.3 is 0 Å². The molecule has 1 amide bonds. The molecular weight excluding hydrogens is 444 g/mol. The highest BCUT2D eigenvalue weighted by molar-refractivity contribution is 7.25. The number of thiophene rings is 1. The molecule has 34 heavy (non-hydrogen) atoms. The van der Waals surface area contributed by atoms with Gasteiger partial charge in [0, 0.05) is 23.1 Å². The largest absolute Gasteiger partial charge is 0.325 e. The van der Waals surface area contributed by atoms with Crippen LogP contribution in [0.2, 0.25) is 0 Å². The van der Waals surface area contributed by atoms with Crippen molar-refractivity contribution in [3.63, 3.8) is 0 Å². The summed E-state index contributed by atoms with van der Waals surface area (Å²) in [6, 6.07) is 19.6. The van der Waals surface area contributed by atoms with Crippen LogP contribution in [0.4, 0.5) is 5.69 Å². The summed E-state index contributed by atoms with van der Waals surface area (Å²) >= 11 is 1.33. The van der Waals surface area contributed by atoms with Gasteiger partial charge in [-0.2, -0.15) is 0 Å². The fourth-order valence-corrected chi connectivity index (χ4v) is 5.08. The van der Waals surface area contributed by atoms with Crippen LogP contribution in [0.25, 0.3) is 31.7 Å². The molecule has 0 aliphatic heterocycles. The molecule has 7 heteroatoms. The number of carbonyl (C=O) groups is 1. The van der Waals surface area contributed by atoms with E-state index in [0.717, 1.165) is 32.6 Å². The number of amides is 1. The van der Waals surface area contributed by atoms with E-state index in [2.05, 4.69) is 5.32 Å². The smallest absolute Gasteiger partial charge is 0.272 e. The lowest BCUT2D eigenvalue weighted by Gasteiger charge is -2.12. The molecule has 3 aromatic heterocycles. The summed E-state index contributed by atoms with van der Waals surface area (Å²) in [5.74, 6) is 0.325. The van der Waals surface area contributed by atoms with E-state index in [1.54, 1.807) is 0 Å². The summed E-state index contributed by atoms with van der Waals surface area (Å²) in [5, 5.41) is 3.76. The number of hydrogen-bond donors (Lipinski definition) is 1. The molecule has 0 radical (unpaired) electrons. The second-order valence-electron chi connectivity index (χ2n) is 8.32. The number of anilines is 1. The second-order valence-corrected chi connectivity index (χ2v) is 9.31. The van der Waals surface area contributed by atoms with Crippen LogP contribution in [-0.4, -0.2) is 20.4 Å². The van der Waals surface area contributed by atoms with Crippen molar-refractivity contribution in [2.24, 2.45) is 0 Å². The average molecular weight is 469 g/mol. The standard InChI is InChI=1S/C27H24N4O2S/c1-4-22-30-24-20-12-13-21(18-8-6-5-7-9-18)29-26(20)34-25(24)27(33)31(22)15-23(32)28-19-11-10-16(2)17(3)14-19/h5-14H,4,15H2,1-3H3,(H,28,32). The topological polar surface area (TPSA) is 76.9 Å². The zero-order valence-electron chi connectivity index (χ0n) is 19.3. The van der Waals surface area contributed by atoms with E-state index < -0.39 is 0 Å². The summed E-state index contributed by atoms with van der Waals surface area (Å²) in [4.78, 5) is 36.6. The van der Waals surface area contributed by atoms with Crippen molar-refractivity contribution in [1.29, 1.82) is 0 Å². The molecule has 0 bridgehead atoms. The third-order valence-corrected chi connectivity index (χ3v) is 7.08. The molecule has 0 aliphatic rings.